The molecule has 2 rings (SSSR count). The average molecular weight is 219 g/mol. The molecule has 2 aromatic rings. The van der Waals surface area contributed by atoms with Gasteiger partial charge in [-0.3, -0.25) is 4.98 Å². The van der Waals surface area contributed by atoms with Crippen molar-refractivity contribution in [3.05, 3.63) is 36.4 Å². The molecule has 0 bridgehead atoms. The molecule has 0 aliphatic rings. The molecule has 6 heteroatoms. The van der Waals surface area contributed by atoms with Gasteiger partial charge in [-0.15, -0.1) is 5.10 Å². The Bertz CT molecular complexity index is 434. The third kappa shape index (κ3) is 2.48. The predicted octanol–water partition coefficient (Wildman–Crippen LogP) is 0.876. The van der Waals surface area contributed by atoms with Gasteiger partial charge in [0.25, 0.3) is 0 Å². The summed E-state index contributed by atoms with van der Waals surface area (Å²) in [5.41, 5.74) is 6.55. The largest absolute Gasteiger partial charge is 0.326 e. The van der Waals surface area contributed by atoms with Gasteiger partial charge < -0.3 is 5.73 Å². The first kappa shape index (κ1) is 10.0. The first-order valence-electron chi connectivity index (χ1n) is 4.34. The first-order valence-corrected chi connectivity index (χ1v) is 5.16. The molecular weight excluding hydrogens is 210 g/mol. The number of aromatic nitrogens is 4. The van der Waals surface area contributed by atoms with E-state index in [1.54, 1.807) is 24.8 Å². The summed E-state index contributed by atoms with van der Waals surface area (Å²) in [6, 6.07) is 1.85. The highest BCUT2D eigenvalue weighted by molar-refractivity contribution is 7.99. The van der Waals surface area contributed by atoms with E-state index < -0.39 is 0 Å². The van der Waals surface area contributed by atoms with Crippen molar-refractivity contribution >= 4 is 11.8 Å². The van der Waals surface area contributed by atoms with Gasteiger partial charge in [0, 0.05) is 30.7 Å². The zero-order valence-electron chi connectivity index (χ0n) is 7.87. The molecule has 0 atom stereocenters. The minimum atomic E-state index is 0.443. The quantitative estimate of drug-likeness (QED) is 0.825. The summed E-state index contributed by atoms with van der Waals surface area (Å²) in [7, 11) is 0. The fraction of sp³-hybridized carbons (Fsp3) is 0.111. The minimum Gasteiger partial charge on any atom is -0.326 e. The number of hydrogen-bond acceptors (Lipinski definition) is 6. The van der Waals surface area contributed by atoms with E-state index in [1.165, 1.54) is 11.8 Å². The van der Waals surface area contributed by atoms with Gasteiger partial charge in [-0.25, -0.2) is 4.98 Å². The molecule has 0 spiro atoms. The van der Waals surface area contributed by atoms with Crippen LogP contribution < -0.4 is 5.73 Å². The number of nitrogens with zero attached hydrogens (tertiary/aromatic N) is 4. The molecular formula is C9H9N5S. The summed E-state index contributed by atoms with van der Waals surface area (Å²) in [5.74, 6) is 0. The molecule has 2 N–H and O–H groups in total. The molecule has 0 radical (unpaired) electrons. The van der Waals surface area contributed by atoms with Crippen LogP contribution in [-0.2, 0) is 6.54 Å². The molecule has 0 saturated carbocycles. The highest BCUT2D eigenvalue weighted by Crippen LogP contribution is 2.25. The van der Waals surface area contributed by atoms with Crippen molar-refractivity contribution in [2.45, 2.75) is 16.6 Å². The Morgan fingerprint density at radius 2 is 2.20 bits per heavy atom. The van der Waals surface area contributed by atoms with E-state index in [4.69, 9.17) is 5.73 Å². The first-order chi connectivity index (χ1) is 7.40. The molecule has 5 nitrogen and oxygen atoms in total. The van der Waals surface area contributed by atoms with E-state index >= 15 is 0 Å². The Morgan fingerprint density at radius 3 is 2.93 bits per heavy atom. The molecule has 0 amide bonds. The fourth-order valence-corrected chi connectivity index (χ4v) is 1.82. The van der Waals surface area contributed by atoms with Crippen LogP contribution in [0.2, 0.25) is 0 Å². The molecule has 0 fully saturated rings. The van der Waals surface area contributed by atoms with Gasteiger partial charge in [0.1, 0.15) is 10.1 Å². The second-order valence-corrected chi connectivity index (χ2v) is 3.72. The van der Waals surface area contributed by atoms with E-state index in [0.29, 0.717) is 6.54 Å². The van der Waals surface area contributed by atoms with E-state index in [0.717, 1.165) is 15.6 Å². The molecule has 0 saturated heterocycles. The smallest absolute Gasteiger partial charge is 0.130 e. The molecule has 0 aromatic carbocycles. The Morgan fingerprint density at radius 1 is 1.27 bits per heavy atom. The van der Waals surface area contributed by atoms with E-state index in [-0.39, 0.29) is 0 Å². The van der Waals surface area contributed by atoms with Crippen LogP contribution >= 0.6 is 11.8 Å². The van der Waals surface area contributed by atoms with Crippen molar-refractivity contribution in [3.8, 4) is 0 Å². The monoisotopic (exact) mass is 219 g/mol. The van der Waals surface area contributed by atoms with Gasteiger partial charge in [-0.1, -0.05) is 0 Å². The van der Waals surface area contributed by atoms with Crippen LogP contribution in [0.3, 0.4) is 0 Å². The lowest BCUT2D eigenvalue weighted by molar-refractivity contribution is 0.864. The van der Waals surface area contributed by atoms with Gasteiger partial charge in [0.2, 0.25) is 0 Å². The average Bonchev–Trinajstić information content (AvgIpc) is 2.31. The summed E-state index contributed by atoms with van der Waals surface area (Å²) in [5, 5.41) is 9.39. The summed E-state index contributed by atoms with van der Waals surface area (Å²) < 4.78 is 0. The second-order valence-electron chi connectivity index (χ2n) is 2.71. The van der Waals surface area contributed by atoms with Crippen LogP contribution in [0.25, 0.3) is 0 Å². The minimum absolute atomic E-state index is 0.443. The molecule has 0 aliphatic heterocycles. The third-order valence-electron chi connectivity index (χ3n) is 1.73. The zero-order valence-corrected chi connectivity index (χ0v) is 8.68. The van der Waals surface area contributed by atoms with Gasteiger partial charge in [0.05, 0.1) is 6.20 Å². The van der Waals surface area contributed by atoms with Crippen molar-refractivity contribution in [3.63, 3.8) is 0 Å². The van der Waals surface area contributed by atoms with E-state index in [2.05, 4.69) is 20.2 Å². The molecule has 0 aliphatic carbocycles. The van der Waals surface area contributed by atoms with Gasteiger partial charge in [0.15, 0.2) is 0 Å². The topological polar surface area (TPSA) is 77.6 Å². The Labute approximate surface area is 91.2 Å². The molecule has 15 heavy (non-hydrogen) atoms. The maximum Gasteiger partial charge on any atom is 0.130 e. The van der Waals surface area contributed by atoms with Crippen LogP contribution in [0, 0.1) is 0 Å². The summed E-state index contributed by atoms with van der Waals surface area (Å²) in [6.07, 6.45) is 6.58. The van der Waals surface area contributed by atoms with Crippen molar-refractivity contribution in [1.82, 2.24) is 20.2 Å². The lowest BCUT2D eigenvalue weighted by Crippen LogP contribution is -2.01. The van der Waals surface area contributed by atoms with Gasteiger partial charge >= 0.3 is 0 Å². The predicted molar refractivity (Wildman–Crippen MR) is 56.1 cm³/mol. The van der Waals surface area contributed by atoms with Crippen LogP contribution in [0.4, 0.5) is 0 Å². The lowest BCUT2D eigenvalue weighted by atomic mass is 10.3. The molecule has 2 heterocycles. The van der Waals surface area contributed by atoms with E-state index in [9.17, 15) is 0 Å². The standard InChI is InChI=1S/C9H9N5S/c10-5-7-1-2-13-14-9(7)15-8-6-11-3-4-12-8/h1-4,6H,5,10H2. The highest BCUT2D eigenvalue weighted by Gasteiger charge is 2.05. The van der Waals surface area contributed by atoms with Gasteiger partial charge in [-0.05, 0) is 17.8 Å². The highest BCUT2D eigenvalue weighted by atomic mass is 32.2. The van der Waals surface area contributed by atoms with Crippen LogP contribution in [0.5, 0.6) is 0 Å². The maximum atomic E-state index is 5.59. The summed E-state index contributed by atoms with van der Waals surface area (Å²) in [6.45, 7) is 0.443. The Kier molecular flexibility index (Phi) is 3.21. The molecule has 2 aromatic heterocycles. The van der Waals surface area contributed by atoms with Crippen molar-refractivity contribution in [1.29, 1.82) is 0 Å². The lowest BCUT2D eigenvalue weighted by Gasteiger charge is -2.02. The number of hydrogen-bond donors (Lipinski definition) is 1. The third-order valence-corrected chi connectivity index (χ3v) is 2.68. The Hall–Kier alpha value is -1.53. The van der Waals surface area contributed by atoms with E-state index in [1.807, 2.05) is 6.07 Å². The normalized spacial score (nSPS) is 10.2. The Balaban J connectivity index is 2.24. The fourth-order valence-electron chi connectivity index (χ4n) is 1.02. The van der Waals surface area contributed by atoms with Gasteiger partial charge in [-0.2, -0.15) is 5.10 Å². The SMILES string of the molecule is NCc1ccnnc1Sc1cnccn1. The summed E-state index contributed by atoms with van der Waals surface area (Å²) >= 11 is 1.41. The van der Waals surface area contributed by atoms with Crippen LogP contribution in [0.1, 0.15) is 5.56 Å². The second kappa shape index (κ2) is 4.81. The molecule has 76 valence electrons. The maximum absolute atomic E-state index is 5.59. The number of nitrogens with two attached hydrogens (primary N) is 1. The van der Waals surface area contributed by atoms with Crippen LogP contribution in [-0.4, -0.2) is 20.2 Å². The molecule has 0 unspecified atom stereocenters. The zero-order chi connectivity index (χ0) is 10.5. The van der Waals surface area contributed by atoms with Crippen molar-refractivity contribution in [2.75, 3.05) is 0 Å². The number of rotatable bonds is 3. The van der Waals surface area contributed by atoms with Crippen molar-refractivity contribution in [2.24, 2.45) is 5.73 Å². The van der Waals surface area contributed by atoms with Crippen molar-refractivity contribution < 1.29 is 0 Å². The summed E-state index contributed by atoms with van der Waals surface area (Å²) in [4.78, 5) is 8.11. The van der Waals surface area contributed by atoms with Crippen LogP contribution in [0.15, 0.2) is 40.9 Å².